The van der Waals surface area contributed by atoms with Crippen LogP contribution in [0.4, 0.5) is 0 Å². The molecule has 3 rings (SSSR count). The maximum absolute atomic E-state index is 12.8. The van der Waals surface area contributed by atoms with Crippen LogP contribution >= 0.6 is 22.9 Å². The van der Waals surface area contributed by atoms with Gasteiger partial charge in [0, 0.05) is 35.1 Å². The fourth-order valence-corrected chi connectivity index (χ4v) is 5.85. The highest BCUT2D eigenvalue weighted by atomic mass is 35.5. The van der Waals surface area contributed by atoms with E-state index < -0.39 is 10.0 Å². The molecule has 0 aliphatic carbocycles. The summed E-state index contributed by atoms with van der Waals surface area (Å²) in [5.41, 5.74) is 2.63. The molecule has 0 aliphatic rings. The largest absolute Gasteiger partial charge is 0.347 e. The van der Waals surface area contributed by atoms with Gasteiger partial charge in [-0.3, -0.25) is 4.79 Å². The van der Waals surface area contributed by atoms with Crippen molar-refractivity contribution in [2.45, 2.75) is 38.1 Å². The van der Waals surface area contributed by atoms with E-state index in [0.717, 1.165) is 22.8 Å². The highest BCUT2D eigenvalue weighted by Crippen LogP contribution is 2.23. The Morgan fingerprint density at radius 2 is 1.62 bits per heavy atom. The second kappa shape index (κ2) is 11.5. The third-order valence-corrected chi connectivity index (χ3v) is 8.46. The minimum Gasteiger partial charge on any atom is -0.347 e. The Kier molecular flexibility index (Phi) is 8.89. The van der Waals surface area contributed by atoms with Crippen molar-refractivity contribution in [2.24, 2.45) is 5.41 Å². The van der Waals surface area contributed by atoms with Crippen LogP contribution in [-0.2, 0) is 23.1 Å². The minimum absolute atomic E-state index is 0.228. The number of carbonyl (C=O) groups is 1. The lowest BCUT2D eigenvalue weighted by atomic mass is 9.94. The van der Waals surface area contributed by atoms with Crippen LogP contribution in [0.5, 0.6) is 0 Å². The number of sulfonamides is 1. The quantitative estimate of drug-likeness (QED) is 0.341. The van der Waals surface area contributed by atoms with E-state index in [1.807, 2.05) is 13.8 Å². The molecule has 0 saturated heterocycles. The van der Waals surface area contributed by atoms with Gasteiger partial charge in [0.05, 0.1) is 6.54 Å². The van der Waals surface area contributed by atoms with Crippen molar-refractivity contribution >= 4 is 38.9 Å². The minimum atomic E-state index is -3.64. The van der Waals surface area contributed by atoms with Gasteiger partial charge in [0.15, 0.2) is 0 Å². The Morgan fingerprint density at radius 3 is 2.29 bits per heavy atom. The van der Waals surface area contributed by atoms with E-state index in [1.165, 1.54) is 11.1 Å². The van der Waals surface area contributed by atoms with Crippen LogP contribution in [0.25, 0.3) is 0 Å². The molecule has 0 bridgehead atoms. The highest BCUT2D eigenvalue weighted by molar-refractivity contribution is 7.91. The van der Waals surface area contributed by atoms with E-state index in [9.17, 15) is 13.2 Å². The van der Waals surface area contributed by atoms with E-state index in [0.29, 0.717) is 23.7 Å². The molecule has 0 fully saturated rings. The Bertz CT molecular complexity index is 1200. The molecule has 1 heterocycles. The second-order valence-electron chi connectivity index (χ2n) is 8.99. The van der Waals surface area contributed by atoms with Crippen LogP contribution in [0.1, 0.15) is 40.2 Å². The van der Waals surface area contributed by atoms with Crippen LogP contribution in [0, 0.1) is 12.3 Å². The van der Waals surface area contributed by atoms with E-state index in [4.69, 9.17) is 11.6 Å². The standard InChI is InChI=1S/C25H30ClN3O3S2/c1-18-4-6-19(7-5-18)14-27-16-25(2,3)17-29-34(31,32)23-13-12-22(33-23)15-28-24(30)20-8-10-21(26)11-9-20/h4-13,27,29H,14-17H2,1-3H3,(H,28,30). The van der Waals surface area contributed by atoms with Gasteiger partial charge in [-0.15, -0.1) is 11.3 Å². The first-order chi connectivity index (χ1) is 16.0. The second-order valence-corrected chi connectivity index (χ2v) is 12.6. The molecular weight excluding hydrogens is 490 g/mol. The fourth-order valence-electron chi connectivity index (χ4n) is 3.14. The van der Waals surface area contributed by atoms with Crippen molar-refractivity contribution < 1.29 is 13.2 Å². The lowest BCUT2D eigenvalue weighted by Crippen LogP contribution is -2.40. The first kappa shape index (κ1) is 26.4. The Balaban J connectivity index is 1.48. The molecular formula is C25H30ClN3O3S2. The number of benzene rings is 2. The topological polar surface area (TPSA) is 87.3 Å². The van der Waals surface area contributed by atoms with Gasteiger partial charge in [-0.25, -0.2) is 13.1 Å². The molecule has 2 aromatic carbocycles. The molecule has 1 amide bonds. The van der Waals surface area contributed by atoms with Gasteiger partial charge in [-0.2, -0.15) is 0 Å². The van der Waals surface area contributed by atoms with Gasteiger partial charge in [0.2, 0.25) is 10.0 Å². The molecule has 1 aromatic heterocycles. The van der Waals surface area contributed by atoms with Gasteiger partial charge >= 0.3 is 0 Å². The van der Waals surface area contributed by atoms with Crippen LogP contribution in [0.2, 0.25) is 5.02 Å². The Labute approximate surface area is 210 Å². The fraction of sp³-hybridized carbons (Fsp3) is 0.320. The number of nitrogens with one attached hydrogen (secondary N) is 3. The van der Waals surface area contributed by atoms with Crippen molar-refractivity contribution in [1.82, 2.24) is 15.4 Å². The van der Waals surface area contributed by atoms with Crippen molar-refractivity contribution in [2.75, 3.05) is 13.1 Å². The lowest BCUT2D eigenvalue weighted by molar-refractivity contribution is 0.0951. The number of hydrogen-bond donors (Lipinski definition) is 3. The summed E-state index contributed by atoms with van der Waals surface area (Å²) < 4.78 is 28.5. The highest BCUT2D eigenvalue weighted by Gasteiger charge is 2.23. The molecule has 3 aromatic rings. The van der Waals surface area contributed by atoms with E-state index in [2.05, 4.69) is 46.5 Å². The molecule has 34 heavy (non-hydrogen) atoms. The molecule has 3 N–H and O–H groups in total. The summed E-state index contributed by atoms with van der Waals surface area (Å²) in [5.74, 6) is -0.243. The summed E-state index contributed by atoms with van der Waals surface area (Å²) in [6.07, 6.45) is 0. The molecule has 0 radical (unpaired) electrons. The van der Waals surface area contributed by atoms with Gasteiger partial charge in [0.25, 0.3) is 5.91 Å². The van der Waals surface area contributed by atoms with Crippen LogP contribution in [0.3, 0.4) is 0 Å². The summed E-state index contributed by atoms with van der Waals surface area (Å²) >= 11 is 6.99. The van der Waals surface area contributed by atoms with Gasteiger partial charge < -0.3 is 10.6 Å². The molecule has 0 unspecified atom stereocenters. The maximum atomic E-state index is 12.8. The molecule has 9 heteroatoms. The summed E-state index contributed by atoms with van der Waals surface area (Å²) in [6, 6.07) is 18.2. The Morgan fingerprint density at radius 1 is 0.941 bits per heavy atom. The molecule has 0 saturated carbocycles. The number of carbonyl (C=O) groups excluding carboxylic acids is 1. The molecule has 0 atom stereocenters. The van der Waals surface area contributed by atoms with Gasteiger partial charge in [-0.1, -0.05) is 55.3 Å². The predicted molar refractivity (Wildman–Crippen MR) is 139 cm³/mol. The van der Waals surface area contributed by atoms with Crippen LogP contribution < -0.4 is 15.4 Å². The van der Waals surface area contributed by atoms with Crippen LogP contribution in [0.15, 0.2) is 64.9 Å². The van der Waals surface area contributed by atoms with E-state index >= 15 is 0 Å². The lowest BCUT2D eigenvalue weighted by Gasteiger charge is -2.25. The van der Waals surface area contributed by atoms with Crippen molar-refractivity contribution in [3.05, 3.63) is 87.3 Å². The number of halogens is 1. The first-order valence-corrected chi connectivity index (χ1v) is 13.6. The summed E-state index contributed by atoms with van der Waals surface area (Å²) in [4.78, 5) is 13.0. The zero-order valence-electron chi connectivity index (χ0n) is 19.5. The number of aryl methyl sites for hydroxylation is 1. The normalized spacial score (nSPS) is 12.0. The van der Waals surface area contributed by atoms with E-state index in [-0.39, 0.29) is 22.1 Å². The smallest absolute Gasteiger partial charge is 0.251 e. The number of thiophene rings is 1. The third kappa shape index (κ3) is 7.92. The van der Waals surface area contributed by atoms with Crippen LogP contribution in [-0.4, -0.2) is 27.4 Å². The van der Waals surface area contributed by atoms with Gasteiger partial charge in [-0.05, 0) is 54.3 Å². The van der Waals surface area contributed by atoms with Crippen molar-refractivity contribution in [1.29, 1.82) is 0 Å². The molecule has 0 spiro atoms. The SMILES string of the molecule is Cc1ccc(CNCC(C)(C)CNS(=O)(=O)c2ccc(CNC(=O)c3ccc(Cl)cc3)s2)cc1. The predicted octanol–water partition coefficient (Wildman–Crippen LogP) is 4.73. The summed E-state index contributed by atoms with van der Waals surface area (Å²) in [5, 5.41) is 6.76. The monoisotopic (exact) mass is 519 g/mol. The zero-order chi connectivity index (χ0) is 24.8. The van der Waals surface area contributed by atoms with E-state index in [1.54, 1.807) is 36.4 Å². The summed E-state index contributed by atoms with van der Waals surface area (Å²) in [7, 11) is -3.64. The van der Waals surface area contributed by atoms with Gasteiger partial charge in [0.1, 0.15) is 4.21 Å². The average Bonchev–Trinajstić information content (AvgIpc) is 3.28. The Hall–Kier alpha value is -2.23. The maximum Gasteiger partial charge on any atom is 0.251 e. The number of rotatable bonds is 11. The molecule has 182 valence electrons. The summed E-state index contributed by atoms with van der Waals surface area (Å²) in [6.45, 7) is 8.03. The van der Waals surface area contributed by atoms with Crippen molar-refractivity contribution in [3.8, 4) is 0 Å². The molecule has 6 nitrogen and oxygen atoms in total. The average molecular weight is 520 g/mol. The number of hydrogen-bond acceptors (Lipinski definition) is 5. The molecule has 0 aliphatic heterocycles. The van der Waals surface area contributed by atoms with Crippen molar-refractivity contribution in [3.63, 3.8) is 0 Å². The zero-order valence-corrected chi connectivity index (χ0v) is 21.9. The first-order valence-electron chi connectivity index (χ1n) is 10.9. The number of amides is 1. The third-order valence-electron chi connectivity index (χ3n) is 5.23.